The van der Waals surface area contributed by atoms with E-state index in [4.69, 9.17) is 10.8 Å². The largest absolute Gasteiger partial charge is 0.405 e. The summed E-state index contributed by atoms with van der Waals surface area (Å²) < 4.78 is 0. The molecule has 0 aliphatic carbocycles. The van der Waals surface area contributed by atoms with Gasteiger partial charge in [-0.1, -0.05) is 11.6 Å². The predicted octanol–water partition coefficient (Wildman–Crippen LogP) is 0.397. The topological polar surface area (TPSA) is 46.2 Å². The van der Waals surface area contributed by atoms with Crippen molar-refractivity contribution in [1.29, 1.82) is 0 Å². The predicted molar refractivity (Wildman–Crippen MR) is 34.2 cm³/mol. The van der Waals surface area contributed by atoms with Gasteiger partial charge in [0.2, 0.25) is 0 Å². The fraction of sp³-hybridized carbons (Fsp3) is 0.333. The molecule has 0 fully saturated rings. The Hall–Kier alpha value is -0.760. The molecule has 8 heavy (non-hydrogen) atoms. The van der Waals surface area contributed by atoms with Crippen molar-refractivity contribution in [1.82, 2.24) is 0 Å². The summed E-state index contributed by atoms with van der Waals surface area (Å²) in [5.74, 6) is 0. The summed E-state index contributed by atoms with van der Waals surface area (Å²) in [7, 11) is 0. The maximum absolute atomic E-state index is 8.31. The van der Waals surface area contributed by atoms with Gasteiger partial charge in [-0.05, 0) is 19.2 Å². The number of aliphatic hydroxyl groups is 1. The lowest BCUT2D eigenvalue weighted by molar-refractivity contribution is 0.342. The lowest BCUT2D eigenvalue weighted by Crippen LogP contribution is -1.79. The molecule has 0 bridgehead atoms. The van der Waals surface area contributed by atoms with Crippen LogP contribution < -0.4 is 5.73 Å². The third-order valence-electron chi connectivity index (χ3n) is 0.772. The fourth-order valence-electron chi connectivity index (χ4n) is 0.364. The molecule has 46 valence electrons. The summed E-state index contributed by atoms with van der Waals surface area (Å²) in [6.07, 6.45) is 4.86. The summed E-state index contributed by atoms with van der Waals surface area (Å²) in [6.45, 7) is 1.95. The molecule has 0 radical (unpaired) electrons. The van der Waals surface area contributed by atoms with E-state index < -0.39 is 0 Å². The van der Waals surface area contributed by atoms with Crippen LogP contribution in [-0.2, 0) is 0 Å². The Labute approximate surface area is 49.3 Å². The van der Waals surface area contributed by atoms with Crippen LogP contribution in [0.2, 0.25) is 0 Å². The molecule has 0 unspecified atom stereocenters. The zero-order valence-electron chi connectivity index (χ0n) is 4.96. The molecule has 0 aromatic carbocycles. The molecule has 0 rings (SSSR count). The first-order chi connectivity index (χ1) is 3.81. The molecular weight excluding hydrogens is 102 g/mol. The average molecular weight is 113 g/mol. The van der Waals surface area contributed by atoms with Crippen molar-refractivity contribution in [2.75, 3.05) is 6.61 Å². The van der Waals surface area contributed by atoms with Crippen molar-refractivity contribution in [3.8, 4) is 0 Å². The highest BCUT2D eigenvalue weighted by Gasteiger charge is 1.75. The number of hydrogen-bond acceptors (Lipinski definition) is 2. The fourth-order valence-corrected chi connectivity index (χ4v) is 0.364. The molecule has 0 heterocycles. The average Bonchev–Trinajstić information content (AvgIpc) is 1.68. The number of hydrogen-bond donors (Lipinski definition) is 2. The van der Waals surface area contributed by atoms with Crippen LogP contribution in [0.15, 0.2) is 23.9 Å². The lowest BCUT2D eigenvalue weighted by Gasteiger charge is -1.85. The molecule has 0 aromatic heterocycles. The van der Waals surface area contributed by atoms with Crippen molar-refractivity contribution >= 4 is 0 Å². The number of allylic oxidation sites excluding steroid dienone is 2. The van der Waals surface area contributed by atoms with Crippen molar-refractivity contribution in [3.05, 3.63) is 23.9 Å². The third-order valence-corrected chi connectivity index (χ3v) is 0.772. The van der Waals surface area contributed by atoms with Crippen LogP contribution in [0.1, 0.15) is 6.92 Å². The first-order valence-electron chi connectivity index (χ1n) is 2.47. The molecule has 2 heteroatoms. The molecule has 2 nitrogen and oxygen atoms in total. The van der Waals surface area contributed by atoms with Gasteiger partial charge in [0.15, 0.2) is 0 Å². The van der Waals surface area contributed by atoms with Gasteiger partial charge in [0.05, 0.1) is 6.61 Å². The molecule has 0 aromatic rings. The van der Waals surface area contributed by atoms with E-state index >= 15 is 0 Å². The normalized spacial score (nSPS) is 13.0. The molecule has 0 amide bonds. The van der Waals surface area contributed by atoms with Gasteiger partial charge in [-0.3, -0.25) is 0 Å². The zero-order chi connectivity index (χ0) is 6.41. The first kappa shape index (κ1) is 7.24. The van der Waals surface area contributed by atoms with E-state index in [2.05, 4.69) is 0 Å². The minimum atomic E-state index is 0.0795. The Bertz CT molecular complexity index is 105. The minimum absolute atomic E-state index is 0.0795. The molecule has 3 N–H and O–H groups in total. The van der Waals surface area contributed by atoms with Crippen molar-refractivity contribution in [3.63, 3.8) is 0 Å². The van der Waals surface area contributed by atoms with Crippen LogP contribution in [0.3, 0.4) is 0 Å². The van der Waals surface area contributed by atoms with Crippen molar-refractivity contribution in [2.24, 2.45) is 5.73 Å². The molecular formula is C6H11NO. The maximum Gasteiger partial charge on any atom is 0.0618 e. The zero-order valence-corrected chi connectivity index (χ0v) is 4.96. The van der Waals surface area contributed by atoms with E-state index in [1.807, 2.05) is 6.92 Å². The van der Waals surface area contributed by atoms with Gasteiger partial charge in [-0.2, -0.15) is 0 Å². The first-order valence-corrected chi connectivity index (χ1v) is 2.47. The van der Waals surface area contributed by atoms with E-state index in [0.717, 1.165) is 5.57 Å². The summed E-state index contributed by atoms with van der Waals surface area (Å²) in [6, 6.07) is 0. The Morgan fingerprint density at radius 3 is 2.75 bits per heavy atom. The quantitative estimate of drug-likeness (QED) is 0.509. The summed E-state index contributed by atoms with van der Waals surface area (Å²) in [4.78, 5) is 0. The Kier molecular flexibility index (Phi) is 3.98. The third kappa shape index (κ3) is 3.43. The van der Waals surface area contributed by atoms with E-state index in [9.17, 15) is 0 Å². The highest BCUT2D eigenvalue weighted by Crippen LogP contribution is 1.90. The van der Waals surface area contributed by atoms with Gasteiger partial charge in [0, 0.05) is 0 Å². The maximum atomic E-state index is 8.31. The van der Waals surface area contributed by atoms with Gasteiger partial charge in [-0.25, -0.2) is 0 Å². The van der Waals surface area contributed by atoms with Crippen LogP contribution in [-0.4, -0.2) is 11.7 Å². The summed E-state index contributed by atoms with van der Waals surface area (Å²) >= 11 is 0. The van der Waals surface area contributed by atoms with Crippen LogP contribution in [0, 0.1) is 0 Å². The summed E-state index contributed by atoms with van der Waals surface area (Å²) in [5.41, 5.74) is 6.04. The minimum Gasteiger partial charge on any atom is -0.405 e. The second-order valence-electron chi connectivity index (χ2n) is 1.49. The molecule has 0 aliphatic heterocycles. The molecule has 0 saturated carbocycles. The Morgan fingerprint density at radius 1 is 1.75 bits per heavy atom. The lowest BCUT2D eigenvalue weighted by atomic mass is 10.3. The Morgan fingerprint density at radius 2 is 2.38 bits per heavy atom. The van der Waals surface area contributed by atoms with Gasteiger partial charge >= 0.3 is 0 Å². The molecule has 0 atom stereocenters. The molecule has 0 saturated heterocycles. The van der Waals surface area contributed by atoms with Gasteiger partial charge in [-0.15, -0.1) is 0 Å². The van der Waals surface area contributed by atoms with Gasteiger partial charge in [0.1, 0.15) is 0 Å². The number of rotatable bonds is 2. The standard InChI is InChI=1S/C6H11NO/c1-6(2-4-7)3-5-8/h2-4,8H,5,7H2,1H3/b4-2-,6-3-. The highest BCUT2D eigenvalue weighted by molar-refractivity contribution is 5.14. The second kappa shape index (κ2) is 4.40. The van der Waals surface area contributed by atoms with E-state index in [1.54, 1.807) is 12.2 Å². The van der Waals surface area contributed by atoms with E-state index in [0.29, 0.717) is 0 Å². The monoisotopic (exact) mass is 113 g/mol. The second-order valence-corrected chi connectivity index (χ2v) is 1.49. The molecule has 0 aliphatic rings. The van der Waals surface area contributed by atoms with Crippen LogP contribution in [0.5, 0.6) is 0 Å². The number of aliphatic hydroxyl groups excluding tert-OH is 1. The molecule has 0 spiro atoms. The van der Waals surface area contributed by atoms with Crippen LogP contribution in [0.25, 0.3) is 0 Å². The van der Waals surface area contributed by atoms with Crippen molar-refractivity contribution < 1.29 is 5.11 Å². The van der Waals surface area contributed by atoms with Gasteiger partial charge in [0.25, 0.3) is 0 Å². The Balaban J connectivity index is 3.61. The number of nitrogens with two attached hydrogens (primary N) is 1. The van der Waals surface area contributed by atoms with E-state index in [-0.39, 0.29) is 6.61 Å². The van der Waals surface area contributed by atoms with Crippen LogP contribution in [0.4, 0.5) is 0 Å². The summed E-state index contributed by atoms with van der Waals surface area (Å²) in [5, 5.41) is 8.31. The van der Waals surface area contributed by atoms with Crippen LogP contribution >= 0.6 is 0 Å². The van der Waals surface area contributed by atoms with E-state index in [1.165, 1.54) is 6.20 Å². The smallest absolute Gasteiger partial charge is 0.0618 e. The SMILES string of the molecule is CC(/C=C\N)=C/CO. The van der Waals surface area contributed by atoms with Gasteiger partial charge < -0.3 is 10.8 Å². The van der Waals surface area contributed by atoms with Crippen molar-refractivity contribution in [2.45, 2.75) is 6.92 Å². The highest BCUT2D eigenvalue weighted by atomic mass is 16.2.